The Morgan fingerprint density at radius 3 is 2.71 bits per heavy atom. The van der Waals surface area contributed by atoms with E-state index in [1.54, 1.807) is 0 Å². The molecule has 2 unspecified atom stereocenters. The normalized spacial score (nSPS) is 38.5. The molecule has 78 valence electrons. The molecule has 1 heteroatoms. The summed E-state index contributed by atoms with van der Waals surface area (Å²) in [6.07, 6.45) is 6.09. The molecule has 1 nitrogen and oxygen atoms in total. The van der Waals surface area contributed by atoms with E-state index in [2.05, 4.69) is 13.8 Å². The molecule has 0 N–H and O–H groups in total. The Hall–Kier alpha value is -0.590. The van der Waals surface area contributed by atoms with Gasteiger partial charge in [0, 0.05) is 5.41 Å². The predicted molar refractivity (Wildman–Crippen MR) is 58.1 cm³/mol. The van der Waals surface area contributed by atoms with Crippen LogP contribution < -0.4 is 0 Å². The summed E-state index contributed by atoms with van der Waals surface area (Å²) in [6.45, 7) is 6.32. The summed E-state index contributed by atoms with van der Waals surface area (Å²) in [7, 11) is 0. The maximum absolute atomic E-state index is 12.2. The number of rotatable bonds is 0. The van der Waals surface area contributed by atoms with Gasteiger partial charge in [0.25, 0.3) is 0 Å². The fourth-order valence-corrected chi connectivity index (χ4v) is 3.18. The van der Waals surface area contributed by atoms with Gasteiger partial charge in [0.15, 0.2) is 5.78 Å². The number of ketones is 1. The first kappa shape index (κ1) is 9.95. The molecule has 0 aliphatic heterocycles. The van der Waals surface area contributed by atoms with Crippen LogP contribution in [0.2, 0.25) is 0 Å². The molecule has 1 fully saturated rings. The van der Waals surface area contributed by atoms with E-state index in [0.29, 0.717) is 11.7 Å². The van der Waals surface area contributed by atoms with E-state index in [1.165, 1.54) is 24.8 Å². The molecule has 2 aliphatic rings. The molecular formula is C13H20O. The number of Topliss-reactive ketones (excluding diaryl/α,β-unsaturated/α-hetero) is 1. The molecule has 14 heavy (non-hydrogen) atoms. The second kappa shape index (κ2) is 3.22. The van der Waals surface area contributed by atoms with Crippen LogP contribution in [-0.2, 0) is 4.79 Å². The highest BCUT2D eigenvalue weighted by atomic mass is 16.1. The number of hydrogen-bond acceptors (Lipinski definition) is 1. The van der Waals surface area contributed by atoms with E-state index in [0.717, 1.165) is 18.4 Å². The Kier molecular flexibility index (Phi) is 2.29. The average Bonchev–Trinajstić information content (AvgIpc) is 2.17. The van der Waals surface area contributed by atoms with Gasteiger partial charge in [-0.05, 0) is 44.6 Å². The lowest BCUT2D eigenvalue weighted by molar-refractivity contribution is -0.130. The van der Waals surface area contributed by atoms with Gasteiger partial charge in [-0.25, -0.2) is 0 Å². The van der Waals surface area contributed by atoms with Crippen molar-refractivity contribution in [2.75, 3.05) is 0 Å². The highest BCUT2D eigenvalue weighted by molar-refractivity contribution is 6.01. The lowest BCUT2D eigenvalue weighted by atomic mass is 9.59. The third kappa shape index (κ3) is 1.25. The summed E-state index contributed by atoms with van der Waals surface area (Å²) in [5.74, 6) is 1.07. The van der Waals surface area contributed by atoms with Crippen molar-refractivity contribution in [3.05, 3.63) is 11.1 Å². The fourth-order valence-electron chi connectivity index (χ4n) is 3.18. The van der Waals surface area contributed by atoms with Gasteiger partial charge < -0.3 is 0 Å². The standard InChI is InChI=1S/C13H20O/c1-9-8-11-6-4-5-7-13(11,3)12(14)10(9)2/h11H,4-8H2,1-3H3. The molecule has 0 spiro atoms. The van der Waals surface area contributed by atoms with E-state index in [-0.39, 0.29) is 5.41 Å². The molecule has 0 heterocycles. The summed E-state index contributed by atoms with van der Waals surface area (Å²) < 4.78 is 0. The molecular weight excluding hydrogens is 172 g/mol. The Morgan fingerprint density at radius 2 is 2.00 bits per heavy atom. The number of carbonyl (C=O) groups is 1. The van der Waals surface area contributed by atoms with Gasteiger partial charge in [-0.2, -0.15) is 0 Å². The first-order valence-electron chi connectivity index (χ1n) is 5.77. The van der Waals surface area contributed by atoms with Crippen molar-refractivity contribution in [1.29, 1.82) is 0 Å². The summed E-state index contributed by atoms with van der Waals surface area (Å²) in [6, 6.07) is 0. The smallest absolute Gasteiger partial charge is 0.164 e. The zero-order valence-corrected chi connectivity index (χ0v) is 9.52. The first-order valence-corrected chi connectivity index (χ1v) is 5.77. The second-order valence-electron chi connectivity index (χ2n) is 5.30. The summed E-state index contributed by atoms with van der Waals surface area (Å²) in [4.78, 5) is 12.2. The van der Waals surface area contributed by atoms with Crippen molar-refractivity contribution in [2.24, 2.45) is 11.3 Å². The largest absolute Gasteiger partial charge is 0.294 e. The van der Waals surface area contributed by atoms with E-state index in [4.69, 9.17) is 0 Å². The van der Waals surface area contributed by atoms with Crippen molar-refractivity contribution in [1.82, 2.24) is 0 Å². The van der Waals surface area contributed by atoms with Gasteiger partial charge in [0.2, 0.25) is 0 Å². The Morgan fingerprint density at radius 1 is 1.29 bits per heavy atom. The van der Waals surface area contributed by atoms with Crippen LogP contribution in [0.1, 0.15) is 52.9 Å². The minimum absolute atomic E-state index is 0.0121. The van der Waals surface area contributed by atoms with Crippen molar-refractivity contribution in [3.8, 4) is 0 Å². The molecule has 0 aromatic heterocycles. The van der Waals surface area contributed by atoms with Crippen LogP contribution in [-0.4, -0.2) is 5.78 Å². The Balaban J connectivity index is 2.38. The maximum Gasteiger partial charge on any atom is 0.164 e. The van der Waals surface area contributed by atoms with Crippen molar-refractivity contribution >= 4 is 5.78 Å². The molecule has 0 amide bonds. The second-order valence-corrected chi connectivity index (χ2v) is 5.30. The van der Waals surface area contributed by atoms with Crippen LogP contribution in [0, 0.1) is 11.3 Å². The molecule has 0 bridgehead atoms. The lowest BCUT2D eigenvalue weighted by Crippen LogP contribution is -2.42. The minimum Gasteiger partial charge on any atom is -0.294 e. The van der Waals surface area contributed by atoms with Crippen LogP contribution in [0.5, 0.6) is 0 Å². The van der Waals surface area contributed by atoms with Crippen molar-refractivity contribution in [3.63, 3.8) is 0 Å². The van der Waals surface area contributed by atoms with Crippen LogP contribution in [0.25, 0.3) is 0 Å². The van der Waals surface area contributed by atoms with E-state index >= 15 is 0 Å². The predicted octanol–water partition coefficient (Wildman–Crippen LogP) is 3.49. The monoisotopic (exact) mass is 192 g/mol. The summed E-state index contributed by atoms with van der Waals surface area (Å²) in [5, 5.41) is 0. The van der Waals surface area contributed by atoms with Crippen molar-refractivity contribution < 1.29 is 4.79 Å². The highest BCUT2D eigenvalue weighted by Gasteiger charge is 2.45. The topological polar surface area (TPSA) is 17.1 Å². The molecule has 1 saturated carbocycles. The number of fused-ring (bicyclic) bond motifs is 1. The number of hydrogen-bond donors (Lipinski definition) is 0. The van der Waals surface area contributed by atoms with Crippen LogP contribution in [0.4, 0.5) is 0 Å². The third-order valence-electron chi connectivity index (χ3n) is 4.45. The van der Waals surface area contributed by atoms with Gasteiger partial charge in [-0.3, -0.25) is 4.79 Å². The van der Waals surface area contributed by atoms with Crippen LogP contribution in [0.15, 0.2) is 11.1 Å². The molecule has 2 rings (SSSR count). The number of carbonyl (C=O) groups excluding carboxylic acids is 1. The Bertz CT molecular complexity index is 300. The fraction of sp³-hybridized carbons (Fsp3) is 0.769. The van der Waals surface area contributed by atoms with Gasteiger partial charge in [-0.1, -0.05) is 25.3 Å². The van der Waals surface area contributed by atoms with Crippen LogP contribution >= 0.6 is 0 Å². The summed E-state index contributed by atoms with van der Waals surface area (Å²) >= 11 is 0. The van der Waals surface area contributed by atoms with E-state index in [1.807, 2.05) is 6.92 Å². The van der Waals surface area contributed by atoms with E-state index < -0.39 is 0 Å². The zero-order valence-electron chi connectivity index (χ0n) is 9.52. The SMILES string of the molecule is CC1=C(C)C(=O)C2(C)CCCCC2C1. The van der Waals surface area contributed by atoms with Crippen LogP contribution in [0.3, 0.4) is 0 Å². The van der Waals surface area contributed by atoms with Crippen molar-refractivity contribution in [2.45, 2.75) is 52.9 Å². The average molecular weight is 192 g/mol. The third-order valence-corrected chi connectivity index (χ3v) is 4.45. The summed E-state index contributed by atoms with van der Waals surface area (Å²) in [5.41, 5.74) is 2.37. The Labute approximate surface area is 86.6 Å². The minimum atomic E-state index is -0.0121. The zero-order chi connectivity index (χ0) is 10.3. The van der Waals surface area contributed by atoms with Gasteiger partial charge in [0.05, 0.1) is 0 Å². The molecule has 2 atom stereocenters. The van der Waals surface area contributed by atoms with Gasteiger partial charge in [-0.15, -0.1) is 0 Å². The maximum atomic E-state index is 12.2. The van der Waals surface area contributed by atoms with Gasteiger partial charge >= 0.3 is 0 Å². The molecule has 0 aromatic rings. The molecule has 0 radical (unpaired) electrons. The number of allylic oxidation sites excluding steroid dienone is 2. The molecule has 0 saturated heterocycles. The van der Waals surface area contributed by atoms with Gasteiger partial charge in [0.1, 0.15) is 0 Å². The van der Waals surface area contributed by atoms with E-state index in [9.17, 15) is 4.79 Å². The highest BCUT2D eigenvalue weighted by Crippen LogP contribution is 2.49. The lowest BCUT2D eigenvalue weighted by Gasteiger charge is -2.44. The molecule has 0 aromatic carbocycles. The quantitative estimate of drug-likeness (QED) is 0.574. The first-order chi connectivity index (χ1) is 6.55. The molecule has 2 aliphatic carbocycles.